The number of thiophene rings is 1. The van der Waals surface area contributed by atoms with E-state index in [1.54, 1.807) is 6.07 Å². The highest BCUT2D eigenvalue weighted by atomic mass is 32.1. The first kappa shape index (κ1) is 5.74. The molecule has 0 aliphatic carbocycles. The normalized spacial score (nSPS) is 10.4. The quantitative estimate of drug-likeness (QED) is 0.612. The summed E-state index contributed by atoms with van der Waals surface area (Å²) >= 11 is 1.41. The summed E-state index contributed by atoms with van der Waals surface area (Å²) in [6, 6.07) is 9.71. The van der Waals surface area contributed by atoms with Crippen molar-refractivity contribution < 1.29 is 5.11 Å². The predicted molar refractivity (Wildman–Crippen MR) is 43.5 cm³/mol. The van der Waals surface area contributed by atoms with Gasteiger partial charge in [-0.25, -0.2) is 0 Å². The van der Waals surface area contributed by atoms with Crippen molar-refractivity contribution in [2.75, 3.05) is 0 Å². The van der Waals surface area contributed by atoms with Gasteiger partial charge in [-0.1, -0.05) is 29.5 Å². The van der Waals surface area contributed by atoms with E-state index < -0.39 is 0 Å². The number of hydrogen-bond acceptors (Lipinski definition) is 2. The van der Waals surface area contributed by atoms with Gasteiger partial charge < -0.3 is 5.11 Å². The third-order valence-corrected chi connectivity index (χ3v) is 2.33. The van der Waals surface area contributed by atoms with Crippen molar-refractivity contribution >= 4 is 21.4 Å². The van der Waals surface area contributed by atoms with Crippen molar-refractivity contribution in [3.63, 3.8) is 0 Å². The third kappa shape index (κ3) is 0.772. The van der Waals surface area contributed by atoms with Gasteiger partial charge >= 0.3 is 0 Å². The fourth-order valence-corrected chi connectivity index (χ4v) is 1.77. The molecule has 0 amide bonds. The van der Waals surface area contributed by atoms with E-state index in [1.165, 1.54) is 11.3 Å². The summed E-state index contributed by atoms with van der Waals surface area (Å²) in [7, 11) is 0. The zero-order valence-corrected chi connectivity index (χ0v) is 6.06. The first-order chi connectivity index (χ1) is 4.86. The topological polar surface area (TPSA) is 20.2 Å². The highest BCUT2D eigenvalue weighted by Gasteiger charge is 1.95. The second kappa shape index (κ2) is 1.99. The molecular formula is C8H6OS. The van der Waals surface area contributed by atoms with Crippen LogP contribution in [-0.4, -0.2) is 5.11 Å². The maximum absolute atomic E-state index is 9.07. The van der Waals surface area contributed by atoms with E-state index in [4.69, 9.17) is 5.11 Å². The Balaban J connectivity index is 2.88. The highest BCUT2D eigenvalue weighted by molar-refractivity contribution is 7.20. The molecule has 0 saturated heterocycles. The Morgan fingerprint density at radius 1 is 1.20 bits per heavy atom. The van der Waals surface area contributed by atoms with Gasteiger partial charge in [0, 0.05) is 4.70 Å². The summed E-state index contributed by atoms with van der Waals surface area (Å²) in [5, 5.41) is 10.6. The molecule has 0 bridgehead atoms. The van der Waals surface area contributed by atoms with Crippen LogP contribution in [0.2, 0.25) is 0 Å². The van der Waals surface area contributed by atoms with Crippen molar-refractivity contribution in [1.29, 1.82) is 0 Å². The highest BCUT2D eigenvalue weighted by Crippen LogP contribution is 2.29. The fraction of sp³-hybridized carbons (Fsp3) is 0. The van der Waals surface area contributed by atoms with Crippen molar-refractivity contribution in [1.82, 2.24) is 0 Å². The summed E-state index contributed by atoms with van der Waals surface area (Å²) in [4.78, 5) is 0. The average molecular weight is 150 g/mol. The first-order valence-corrected chi connectivity index (χ1v) is 3.85. The van der Waals surface area contributed by atoms with E-state index in [0.29, 0.717) is 5.06 Å². The van der Waals surface area contributed by atoms with Crippen molar-refractivity contribution in [3.05, 3.63) is 30.3 Å². The van der Waals surface area contributed by atoms with Crippen molar-refractivity contribution in [2.45, 2.75) is 0 Å². The Hall–Kier alpha value is -1.02. The number of benzene rings is 1. The van der Waals surface area contributed by atoms with Crippen LogP contribution in [0.4, 0.5) is 0 Å². The number of hydrogen-bond donors (Lipinski definition) is 1. The smallest absolute Gasteiger partial charge is 0.172 e. The lowest BCUT2D eigenvalue weighted by Gasteiger charge is -1.81. The van der Waals surface area contributed by atoms with Crippen LogP contribution in [0.3, 0.4) is 0 Å². The fourth-order valence-electron chi connectivity index (χ4n) is 0.968. The zero-order chi connectivity index (χ0) is 6.97. The van der Waals surface area contributed by atoms with Gasteiger partial charge in [0.2, 0.25) is 0 Å². The summed E-state index contributed by atoms with van der Waals surface area (Å²) in [6.45, 7) is 0. The lowest BCUT2D eigenvalue weighted by molar-refractivity contribution is 0.491. The van der Waals surface area contributed by atoms with Gasteiger partial charge in [0.05, 0.1) is 0 Å². The molecule has 10 heavy (non-hydrogen) atoms. The third-order valence-electron chi connectivity index (χ3n) is 1.41. The molecule has 2 heteroatoms. The summed E-state index contributed by atoms with van der Waals surface area (Å²) in [5.74, 6) is 0. The van der Waals surface area contributed by atoms with Crippen LogP contribution >= 0.6 is 11.3 Å². The zero-order valence-electron chi connectivity index (χ0n) is 5.24. The van der Waals surface area contributed by atoms with Crippen LogP contribution in [-0.2, 0) is 0 Å². The molecule has 0 radical (unpaired) electrons. The van der Waals surface area contributed by atoms with E-state index in [0.717, 1.165) is 10.1 Å². The van der Waals surface area contributed by atoms with Gasteiger partial charge in [0.15, 0.2) is 5.06 Å². The Morgan fingerprint density at radius 3 is 2.80 bits per heavy atom. The van der Waals surface area contributed by atoms with Gasteiger partial charge in [-0.15, -0.1) is 0 Å². The molecule has 2 aromatic rings. The van der Waals surface area contributed by atoms with Crippen LogP contribution in [0.25, 0.3) is 10.1 Å². The summed E-state index contributed by atoms with van der Waals surface area (Å²) < 4.78 is 1.14. The van der Waals surface area contributed by atoms with Gasteiger partial charge in [-0.05, 0) is 17.5 Å². The number of fused-ring (bicyclic) bond motifs is 1. The van der Waals surface area contributed by atoms with Gasteiger partial charge in [-0.3, -0.25) is 0 Å². The first-order valence-electron chi connectivity index (χ1n) is 3.04. The predicted octanol–water partition coefficient (Wildman–Crippen LogP) is 2.61. The van der Waals surface area contributed by atoms with Gasteiger partial charge in [0.1, 0.15) is 0 Å². The van der Waals surface area contributed by atoms with Gasteiger partial charge in [-0.2, -0.15) is 0 Å². The minimum absolute atomic E-state index is 0.390. The van der Waals surface area contributed by atoms with Gasteiger partial charge in [0.25, 0.3) is 0 Å². The van der Waals surface area contributed by atoms with Crippen LogP contribution in [0.1, 0.15) is 0 Å². The molecular weight excluding hydrogens is 144 g/mol. The second-order valence-electron chi connectivity index (χ2n) is 2.12. The molecule has 0 fully saturated rings. The van der Waals surface area contributed by atoms with Crippen LogP contribution in [0.15, 0.2) is 30.3 Å². The molecule has 0 unspecified atom stereocenters. The molecule has 1 aromatic heterocycles. The maximum atomic E-state index is 9.07. The Kier molecular flexibility index (Phi) is 1.14. The SMILES string of the molecule is Oc1cc2ccccc2s1. The molecule has 0 aliphatic heterocycles. The molecule has 1 heterocycles. The summed E-state index contributed by atoms with van der Waals surface area (Å²) in [6.07, 6.45) is 0. The van der Waals surface area contributed by atoms with E-state index in [2.05, 4.69) is 0 Å². The van der Waals surface area contributed by atoms with E-state index in [9.17, 15) is 0 Å². The molecule has 1 aromatic carbocycles. The molecule has 1 nitrogen and oxygen atoms in total. The van der Waals surface area contributed by atoms with Crippen LogP contribution in [0, 0.1) is 0 Å². The van der Waals surface area contributed by atoms with E-state index in [-0.39, 0.29) is 0 Å². The minimum Gasteiger partial charge on any atom is -0.499 e. The Morgan fingerprint density at radius 2 is 2.00 bits per heavy atom. The maximum Gasteiger partial charge on any atom is 0.172 e. The number of aromatic hydroxyl groups is 1. The lowest BCUT2D eigenvalue weighted by atomic mass is 10.3. The Bertz CT molecular complexity index is 318. The average Bonchev–Trinajstić information content (AvgIpc) is 2.27. The molecule has 0 spiro atoms. The van der Waals surface area contributed by atoms with E-state index >= 15 is 0 Å². The monoisotopic (exact) mass is 150 g/mol. The number of rotatable bonds is 0. The Labute approximate surface area is 62.5 Å². The largest absolute Gasteiger partial charge is 0.499 e. The molecule has 0 aliphatic rings. The standard InChI is InChI=1S/C8H6OS/c9-8-5-6-3-1-2-4-7(6)10-8/h1-5,9H. The molecule has 0 atom stereocenters. The van der Waals surface area contributed by atoms with E-state index in [1.807, 2.05) is 24.3 Å². The summed E-state index contributed by atoms with van der Waals surface area (Å²) in [5.41, 5.74) is 0. The molecule has 1 N–H and O–H groups in total. The van der Waals surface area contributed by atoms with Crippen LogP contribution < -0.4 is 0 Å². The van der Waals surface area contributed by atoms with Crippen molar-refractivity contribution in [3.8, 4) is 5.06 Å². The van der Waals surface area contributed by atoms with Crippen molar-refractivity contribution in [2.24, 2.45) is 0 Å². The lowest BCUT2D eigenvalue weighted by Crippen LogP contribution is -1.56. The molecule has 2 rings (SSSR count). The molecule has 50 valence electrons. The molecule has 0 saturated carbocycles. The minimum atomic E-state index is 0.390. The van der Waals surface area contributed by atoms with Crippen LogP contribution in [0.5, 0.6) is 5.06 Å². The second-order valence-corrected chi connectivity index (χ2v) is 3.18.